The third kappa shape index (κ3) is 3.45. The lowest BCUT2D eigenvalue weighted by Gasteiger charge is -2.18. The summed E-state index contributed by atoms with van der Waals surface area (Å²) < 4.78 is 6.98. The van der Waals surface area contributed by atoms with Crippen molar-refractivity contribution in [1.82, 2.24) is 19.5 Å². The third-order valence-electron chi connectivity index (χ3n) is 4.53. The van der Waals surface area contributed by atoms with Gasteiger partial charge in [-0.15, -0.1) is 0 Å². The maximum absolute atomic E-state index is 10.4. The molecule has 3 heterocycles. The Labute approximate surface area is 163 Å². The van der Waals surface area contributed by atoms with E-state index in [4.69, 9.17) is 10.5 Å². The Bertz CT molecular complexity index is 1060. The van der Waals surface area contributed by atoms with Crippen LogP contribution in [-0.4, -0.2) is 71.1 Å². The van der Waals surface area contributed by atoms with Crippen molar-refractivity contribution in [2.75, 3.05) is 17.8 Å². The Balaban J connectivity index is 1.72. The molecular weight excluding hydrogens is 382 g/mol. The summed E-state index contributed by atoms with van der Waals surface area (Å²) in [6.07, 6.45) is -2.04. The van der Waals surface area contributed by atoms with E-state index in [0.717, 1.165) is 0 Å². The van der Waals surface area contributed by atoms with Gasteiger partial charge in [0, 0.05) is 0 Å². The lowest BCUT2D eigenvalue weighted by molar-refractivity contribution is -0.0501. The number of anilines is 2. The standard InChI is InChI=1S/C17H19N7O5/c18-14-11-15(20-7-19-14)24(16-13(28)12(27)10(6-25)29-16)17(22-11)23-21-5-8-2-1-3-9(26)4-8/h1-5,7,10,12-13,16,25-28H,6H2,(H,22,23)(H2,18,19,20)/b21-5+/t10-,12-,13-,16-/m1/s1. The molecule has 1 fully saturated rings. The number of aromatic nitrogens is 4. The normalized spacial score (nSPS) is 24.5. The maximum Gasteiger partial charge on any atom is 0.228 e. The second-order valence-electron chi connectivity index (χ2n) is 6.43. The first-order chi connectivity index (χ1) is 14.0. The molecule has 0 amide bonds. The molecule has 0 spiro atoms. The van der Waals surface area contributed by atoms with Crippen LogP contribution >= 0.6 is 0 Å². The van der Waals surface area contributed by atoms with E-state index in [1.807, 2.05) is 0 Å². The molecule has 3 aromatic rings. The van der Waals surface area contributed by atoms with Gasteiger partial charge < -0.3 is 30.9 Å². The number of fused-ring (bicyclic) bond motifs is 1. The molecule has 1 aromatic carbocycles. The van der Waals surface area contributed by atoms with Crippen molar-refractivity contribution in [1.29, 1.82) is 0 Å². The fourth-order valence-electron chi connectivity index (χ4n) is 3.11. The number of nitrogens with two attached hydrogens (primary N) is 1. The Kier molecular flexibility index (Phi) is 4.98. The van der Waals surface area contributed by atoms with Crippen LogP contribution in [0.25, 0.3) is 11.2 Å². The molecule has 2 aromatic heterocycles. The summed E-state index contributed by atoms with van der Waals surface area (Å²) in [7, 11) is 0. The molecule has 0 saturated carbocycles. The van der Waals surface area contributed by atoms with Crippen molar-refractivity contribution in [2.45, 2.75) is 24.5 Å². The molecule has 1 aliphatic rings. The molecule has 152 valence electrons. The Morgan fingerprint density at radius 3 is 2.83 bits per heavy atom. The highest BCUT2D eigenvalue weighted by atomic mass is 16.6. The molecule has 7 N–H and O–H groups in total. The van der Waals surface area contributed by atoms with Gasteiger partial charge in [-0.2, -0.15) is 5.10 Å². The second kappa shape index (κ2) is 7.60. The maximum atomic E-state index is 10.4. The number of aliphatic hydroxyl groups excluding tert-OH is 3. The number of nitrogens with zero attached hydrogens (tertiary/aromatic N) is 5. The number of hydrogen-bond acceptors (Lipinski definition) is 11. The molecule has 4 rings (SSSR count). The zero-order valence-electron chi connectivity index (χ0n) is 15.0. The predicted octanol–water partition coefficient (Wildman–Crippen LogP) is -0.828. The van der Waals surface area contributed by atoms with Crippen LogP contribution in [0.15, 0.2) is 35.7 Å². The van der Waals surface area contributed by atoms with Crippen LogP contribution in [0.5, 0.6) is 5.75 Å². The molecule has 29 heavy (non-hydrogen) atoms. The van der Waals surface area contributed by atoms with Gasteiger partial charge in [0.05, 0.1) is 12.8 Å². The average molecular weight is 401 g/mol. The number of rotatable bonds is 5. The third-order valence-corrected chi connectivity index (χ3v) is 4.53. The Morgan fingerprint density at radius 1 is 1.28 bits per heavy atom. The summed E-state index contributed by atoms with van der Waals surface area (Å²) >= 11 is 0. The van der Waals surface area contributed by atoms with Gasteiger partial charge in [0.2, 0.25) is 5.95 Å². The summed E-state index contributed by atoms with van der Waals surface area (Å²) in [5, 5.41) is 43.5. The van der Waals surface area contributed by atoms with Gasteiger partial charge in [0.1, 0.15) is 30.4 Å². The Morgan fingerprint density at radius 2 is 2.10 bits per heavy atom. The fraction of sp³-hybridized carbons (Fsp3) is 0.294. The van der Waals surface area contributed by atoms with Gasteiger partial charge in [0.25, 0.3) is 0 Å². The number of nitrogen functional groups attached to an aromatic ring is 1. The SMILES string of the molecule is Nc1ncnc2c1nc(N/N=C/c1cccc(O)c1)n2[C@@H]1O[C@H](CO)[C@@H](O)[C@H]1O. The van der Waals surface area contributed by atoms with E-state index >= 15 is 0 Å². The number of imidazole rings is 1. The van der Waals surface area contributed by atoms with Crippen LogP contribution in [-0.2, 0) is 4.74 Å². The zero-order chi connectivity index (χ0) is 20.5. The molecule has 12 heteroatoms. The summed E-state index contributed by atoms with van der Waals surface area (Å²) in [4.78, 5) is 12.4. The van der Waals surface area contributed by atoms with Crippen LogP contribution in [0.1, 0.15) is 11.8 Å². The van der Waals surface area contributed by atoms with E-state index in [9.17, 15) is 20.4 Å². The lowest BCUT2D eigenvalue weighted by atomic mass is 10.1. The van der Waals surface area contributed by atoms with E-state index in [2.05, 4.69) is 25.5 Å². The monoisotopic (exact) mass is 401 g/mol. The van der Waals surface area contributed by atoms with Crippen molar-refractivity contribution in [3.8, 4) is 5.75 Å². The highest BCUT2D eigenvalue weighted by Crippen LogP contribution is 2.35. The summed E-state index contributed by atoms with van der Waals surface area (Å²) in [6, 6.07) is 6.46. The number of aliphatic hydroxyl groups is 3. The molecule has 0 aliphatic carbocycles. The Hall–Kier alpha value is -3.32. The van der Waals surface area contributed by atoms with E-state index in [1.54, 1.807) is 12.1 Å². The summed E-state index contributed by atoms with van der Waals surface area (Å²) in [5.41, 5.74) is 9.73. The minimum Gasteiger partial charge on any atom is -0.508 e. The van der Waals surface area contributed by atoms with Crippen LogP contribution in [0.4, 0.5) is 11.8 Å². The van der Waals surface area contributed by atoms with Crippen LogP contribution in [0.2, 0.25) is 0 Å². The summed E-state index contributed by atoms with van der Waals surface area (Å²) in [5.74, 6) is 0.328. The molecule has 0 radical (unpaired) electrons. The molecule has 1 aliphatic heterocycles. The number of aromatic hydroxyl groups is 1. The fourth-order valence-corrected chi connectivity index (χ4v) is 3.11. The first-order valence-corrected chi connectivity index (χ1v) is 8.68. The first kappa shape index (κ1) is 19.0. The van der Waals surface area contributed by atoms with Gasteiger partial charge in [0.15, 0.2) is 23.2 Å². The smallest absolute Gasteiger partial charge is 0.228 e. The molecule has 4 atom stereocenters. The van der Waals surface area contributed by atoms with Gasteiger partial charge in [-0.3, -0.25) is 4.57 Å². The number of phenols is 1. The van der Waals surface area contributed by atoms with E-state index in [-0.39, 0.29) is 28.7 Å². The van der Waals surface area contributed by atoms with Crippen molar-refractivity contribution < 1.29 is 25.2 Å². The lowest BCUT2D eigenvalue weighted by Crippen LogP contribution is -2.33. The number of ether oxygens (including phenoxy) is 1. The summed E-state index contributed by atoms with van der Waals surface area (Å²) in [6.45, 7) is -0.475. The van der Waals surface area contributed by atoms with Gasteiger partial charge in [-0.05, 0) is 17.7 Å². The molecule has 0 unspecified atom stereocenters. The van der Waals surface area contributed by atoms with Gasteiger partial charge >= 0.3 is 0 Å². The minimum atomic E-state index is -1.35. The van der Waals surface area contributed by atoms with Gasteiger partial charge in [-0.1, -0.05) is 12.1 Å². The molecule has 0 bridgehead atoms. The van der Waals surface area contributed by atoms with Crippen molar-refractivity contribution in [3.63, 3.8) is 0 Å². The van der Waals surface area contributed by atoms with E-state index in [0.29, 0.717) is 5.56 Å². The molecule has 1 saturated heterocycles. The van der Waals surface area contributed by atoms with Crippen LogP contribution < -0.4 is 11.2 Å². The minimum absolute atomic E-state index is 0.0933. The number of hydrogen-bond donors (Lipinski definition) is 6. The van der Waals surface area contributed by atoms with Crippen molar-refractivity contribution in [3.05, 3.63) is 36.2 Å². The predicted molar refractivity (Wildman–Crippen MR) is 102 cm³/mol. The average Bonchev–Trinajstić information content (AvgIpc) is 3.20. The van der Waals surface area contributed by atoms with Crippen LogP contribution in [0, 0.1) is 0 Å². The van der Waals surface area contributed by atoms with Crippen molar-refractivity contribution in [2.24, 2.45) is 5.10 Å². The molecular formula is C17H19N7O5. The molecule has 12 nitrogen and oxygen atoms in total. The first-order valence-electron chi connectivity index (χ1n) is 8.68. The highest BCUT2D eigenvalue weighted by Gasteiger charge is 2.45. The largest absolute Gasteiger partial charge is 0.508 e. The number of benzene rings is 1. The number of nitrogens with one attached hydrogen (secondary N) is 1. The van der Waals surface area contributed by atoms with Crippen molar-refractivity contribution >= 4 is 29.1 Å². The number of phenolic OH excluding ortho intramolecular Hbond substituents is 1. The number of hydrazone groups is 1. The van der Waals surface area contributed by atoms with Gasteiger partial charge in [-0.25, -0.2) is 20.4 Å². The van der Waals surface area contributed by atoms with E-state index < -0.39 is 31.1 Å². The second-order valence-corrected chi connectivity index (χ2v) is 6.43. The quantitative estimate of drug-likeness (QED) is 0.233. The highest BCUT2D eigenvalue weighted by molar-refractivity contribution is 5.84. The van der Waals surface area contributed by atoms with E-state index in [1.165, 1.54) is 29.2 Å². The topological polar surface area (TPSA) is 184 Å². The zero-order valence-corrected chi connectivity index (χ0v) is 15.0. The van der Waals surface area contributed by atoms with Crippen LogP contribution in [0.3, 0.4) is 0 Å².